The molecule has 0 atom stereocenters. The molecule has 0 aliphatic rings. The van der Waals surface area contributed by atoms with Gasteiger partial charge in [-0.2, -0.15) is 0 Å². The number of rotatable bonds is 6. The summed E-state index contributed by atoms with van der Waals surface area (Å²) in [6.07, 6.45) is 3.48. The van der Waals surface area contributed by atoms with Gasteiger partial charge in [0.25, 0.3) is 5.56 Å². The van der Waals surface area contributed by atoms with Crippen molar-refractivity contribution in [3.05, 3.63) is 81.8 Å². The summed E-state index contributed by atoms with van der Waals surface area (Å²) in [6.45, 7) is 4.73. The number of aromatic nitrogens is 2. The maximum absolute atomic E-state index is 13.0. The molecular weight excluding hydrogens is 392 g/mol. The number of fused-ring (bicyclic) bond motifs is 2. The summed E-state index contributed by atoms with van der Waals surface area (Å²) in [7, 11) is 0. The molecule has 6 heteroatoms. The van der Waals surface area contributed by atoms with Crippen molar-refractivity contribution >= 4 is 39.9 Å². The average molecular weight is 413 g/mol. The van der Waals surface area contributed by atoms with Gasteiger partial charge >= 0.3 is 0 Å². The third kappa shape index (κ3) is 3.80. The van der Waals surface area contributed by atoms with E-state index in [2.05, 4.69) is 4.98 Å². The summed E-state index contributed by atoms with van der Waals surface area (Å²) in [5.41, 5.74) is 1.85. The van der Waals surface area contributed by atoms with Gasteiger partial charge < -0.3 is 19.2 Å². The average Bonchev–Trinajstić information content (AvgIpc) is 2.78. The van der Waals surface area contributed by atoms with Crippen LogP contribution in [-0.4, -0.2) is 22.1 Å². The lowest BCUT2D eigenvalue weighted by molar-refractivity contribution is -0.255. The zero-order chi connectivity index (χ0) is 22.0. The van der Waals surface area contributed by atoms with Gasteiger partial charge in [0.05, 0.1) is 23.6 Å². The number of carboxylic acids is 1. The first-order chi connectivity index (χ1) is 15.0. The van der Waals surface area contributed by atoms with E-state index in [1.165, 1.54) is 12.1 Å². The molecule has 4 aromatic rings. The van der Waals surface area contributed by atoms with E-state index in [0.717, 1.165) is 16.3 Å². The first-order valence-electron chi connectivity index (χ1n) is 10.1. The number of nitrogens with zero attached hydrogens (tertiary/aromatic N) is 2. The molecule has 0 fully saturated rings. The zero-order valence-corrected chi connectivity index (χ0v) is 17.3. The van der Waals surface area contributed by atoms with Crippen molar-refractivity contribution in [3.8, 4) is 5.75 Å². The van der Waals surface area contributed by atoms with Crippen LogP contribution in [0.2, 0.25) is 0 Å². The number of aromatic carboxylic acids is 1. The van der Waals surface area contributed by atoms with Crippen molar-refractivity contribution in [1.82, 2.24) is 9.55 Å². The Labute approximate surface area is 179 Å². The predicted molar refractivity (Wildman–Crippen MR) is 120 cm³/mol. The van der Waals surface area contributed by atoms with Gasteiger partial charge in [-0.3, -0.25) is 4.79 Å². The molecule has 0 amide bonds. The Morgan fingerprint density at radius 1 is 1.10 bits per heavy atom. The molecule has 6 nitrogen and oxygen atoms in total. The third-order valence-electron chi connectivity index (χ3n) is 5.16. The van der Waals surface area contributed by atoms with Crippen molar-refractivity contribution in [3.63, 3.8) is 0 Å². The van der Waals surface area contributed by atoms with Crippen molar-refractivity contribution in [2.45, 2.75) is 20.4 Å². The number of hydrogen-bond donors (Lipinski definition) is 0. The monoisotopic (exact) mass is 413 g/mol. The molecule has 156 valence electrons. The van der Waals surface area contributed by atoms with E-state index < -0.39 is 5.97 Å². The highest BCUT2D eigenvalue weighted by Crippen LogP contribution is 2.30. The maximum Gasteiger partial charge on any atom is 0.276 e. The smallest absolute Gasteiger partial charge is 0.276 e. The molecule has 3 aromatic carbocycles. The third-order valence-corrected chi connectivity index (χ3v) is 5.16. The Balaban J connectivity index is 1.90. The number of hydrogen-bond acceptors (Lipinski definition) is 5. The molecule has 0 aliphatic heterocycles. The van der Waals surface area contributed by atoms with Crippen LogP contribution >= 0.6 is 0 Å². The fourth-order valence-electron chi connectivity index (χ4n) is 3.71. The van der Waals surface area contributed by atoms with Crippen LogP contribution in [0.1, 0.15) is 35.5 Å². The quantitative estimate of drug-likeness (QED) is 0.483. The summed E-state index contributed by atoms with van der Waals surface area (Å²) in [6, 6.07) is 16.3. The summed E-state index contributed by atoms with van der Waals surface area (Å²) >= 11 is 0. The van der Waals surface area contributed by atoms with Crippen molar-refractivity contribution in [2.24, 2.45) is 0 Å². The van der Waals surface area contributed by atoms with Crippen LogP contribution in [-0.2, 0) is 6.54 Å². The van der Waals surface area contributed by atoms with Crippen LogP contribution in [0.5, 0.6) is 5.75 Å². The highest BCUT2D eigenvalue weighted by Gasteiger charge is 2.11. The molecule has 1 aromatic heterocycles. The van der Waals surface area contributed by atoms with Crippen LogP contribution in [0.25, 0.3) is 34.0 Å². The highest BCUT2D eigenvalue weighted by molar-refractivity contribution is 5.95. The number of ether oxygens (including phenoxy) is 1. The fourth-order valence-corrected chi connectivity index (χ4v) is 3.71. The second-order valence-electron chi connectivity index (χ2n) is 7.00. The minimum Gasteiger partial charge on any atom is -0.545 e. The second kappa shape index (κ2) is 8.44. The summed E-state index contributed by atoms with van der Waals surface area (Å²) in [5.74, 6) is -0.569. The molecule has 0 N–H and O–H groups in total. The first kappa shape index (κ1) is 20.3. The van der Waals surface area contributed by atoms with Gasteiger partial charge in [0, 0.05) is 12.1 Å². The zero-order valence-electron chi connectivity index (χ0n) is 17.3. The Morgan fingerprint density at radius 2 is 1.90 bits per heavy atom. The van der Waals surface area contributed by atoms with Gasteiger partial charge in [-0.15, -0.1) is 0 Å². The van der Waals surface area contributed by atoms with E-state index in [1.54, 1.807) is 16.7 Å². The van der Waals surface area contributed by atoms with Gasteiger partial charge in [-0.1, -0.05) is 36.4 Å². The lowest BCUT2D eigenvalue weighted by Crippen LogP contribution is -2.25. The van der Waals surface area contributed by atoms with Crippen molar-refractivity contribution < 1.29 is 14.6 Å². The molecule has 0 unspecified atom stereocenters. The van der Waals surface area contributed by atoms with E-state index in [0.29, 0.717) is 29.9 Å². The van der Waals surface area contributed by atoms with Crippen LogP contribution in [0, 0.1) is 0 Å². The van der Waals surface area contributed by atoms with Gasteiger partial charge in [-0.25, -0.2) is 4.98 Å². The first-order valence-corrected chi connectivity index (χ1v) is 10.1. The number of benzene rings is 3. The van der Waals surface area contributed by atoms with Gasteiger partial charge in [0.1, 0.15) is 11.4 Å². The van der Waals surface area contributed by atoms with Crippen molar-refractivity contribution in [1.29, 1.82) is 0 Å². The van der Waals surface area contributed by atoms with Crippen LogP contribution < -0.4 is 15.4 Å². The van der Waals surface area contributed by atoms with E-state index >= 15 is 0 Å². The molecule has 0 saturated carbocycles. The van der Waals surface area contributed by atoms with E-state index in [4.69, 9.17) is 4.74 Å². The fraction of sp³-hybridized carbons (Fsp3) is 0.160. The Bertz CT molecular complexity index is 1390. The minimum absolute atomic E-state index is 0.0175. The summed E-state index contributed by atoms with van der Waals surface area (Å²) < 4.78 is 7.37. The topological polar surface area (TPSA) is 84.2 Å². The number of carbonyl (C=O) groups excluding carboxylic acids is 1. The molecule has 0 radical (unpaired) electrons. The van der Waals surface area contributed by atoms with Gasteiger partial charge in [0.15, 0.2) is 0 Å². The largest absolute Gasteiger partial charge is 0.545 e. The minimum atomic E-state index is -1.29. The van der Waals surface area contributed by atoms with E-state index in [-0.39, 0.29) is 16.8 Å². The van der Waals surface area contributed by atoms with Crippen LogP contribution in [0.4, 0.5) is 0 Å². The maximum atomic E-state index is 13.0. The van der Waals surface area contributed by atoms with E-state index in [1.807, 2.05) is 56.3 Å². The summed E-state index contributed by atoms with van der Waals surface area (Å²) in [4.78, 5) is 28.7. The summed E-state index contributed by atoms with van der Waals surface area (Å²) in [5, 5.41) is 13.3. The molecule has 1 heterocycles. The predicted octanol–water partition coefficient (Wildman–Crippen LogP) is 3.50. The molecule has 0 spiro atoms. The molecule has 31 heavy (non-hydrogen) atoms. The molecular formula is C25H21N2O4-. The number of carboxylic acid groups (broad SMARTS) is 1. The Kier molecular flexibility index (Phi) is 5.54. The Morgan fingerprint density at radius 3 is 2.65 bits per heavy atom. The van der Waals surface area contributed by atoms with Gasteiger partial charge in [-0.05, 0) is 60.5 Å². The van der Waals surface area contributed by atoms with Crippen LogP contribution in [0.3, 0.4) is 0 Å². The highest BCUT2D eigenvalue weighted by atomic mass is 16.5. The van der Waals surface area contributed by atoms with Gasteiger partial charge in [0.2, 0.25) is 0 Å². The molecule has 4 rings (SSSR count). The molecule has 0 bridgehead atoms. The normalized spacial score (nSPS) is 11.4. The number of aryl methyl sites for hydroxylation is 1. The lowest BCUT2D eigenvalue weighted by atomic mass is 10.0. The van der Waals surface area contributed by atoms with E-state index in [9.17, 15) is 14.7 Å². The second-order valence-corrected chi connectivity index (χ2v) is 7.00. The molecule has 0 aliphatic carbocycles. The van der Waals surface area contributed by atoms with Crippen molar-refractivity contribution in [2.75, 3.05) is 6.61 Å². The van der Waals surface area contributed by atoms with Crippen LogP contribution in [0.15, 0.2) is 59.4 Å². The standard InChI is InChI=1S/C25H22N2O4/c1-3-27-22-13-9-17(25(29)30)15-21(22)26-20(24(27)28)12-11-19-18-8-6-5-7-16(18)10-14-23(19)31-4-2/h5-15H,3-4H2,1-2H3,(H,29,30)/p-1/b12-11+. The number of carbonyl (C=O) groups is 1. The molecule has 0 saturated heterocycles. The Hall–Kier alpha value is -3.93. The SMILES string of the molecule is CCOc1ccc2ccccc2c1/C=C/c1nc2cc(C(=O)[O-])ccc2n(CC)c1=O. The lowest BCUT2D eigenvalue weighted by Gasteiger charge is -2.12.